The van der Waals surface area contributed by atoms with Gasteiger partial charge in [0.1, 0.15) is 5.69 Å². The van der Waals surface area contributed by atoms with Gasteiger partial charge >= 0.3 is 0 Å². The molecule has 0 unspecified atom stereocenters. The van der Waals surface area contributed by atoms with Gasteiger partial charge in [0.2, 0.25) is 5.95 Å². The maximum absolute atomic E-state index is 5.61. The van der Waals surface area contributed by atoms with E-state index in [2.05, 4.69) is 32.1 Å². The minimum atomic E-state index is 0.645. The first kappa shape index (κ1) is 21.5. The number of rotatable bonds is 4. The van der Waals surface area contributed by atoms with Gasteiger partial charge in [-0.05, 0) is 0 Å². The number of piperazine rings is 1. The second-order valence-corrected chi connectivity index (χ2v) is 8.72. The fraction of sp³-hybridized carbons (Fsp3) is 0.500. The molecule has 3 aliphatic heterocycles. The molecule has 5 heterocycles. The van der Waals surface area contributed by atoms with Crippen LogP contribution in [0.15, 0.2) is 30.3 Å². The van der Waals surface area contributed by atoms with Crippen molar-refractivity contribution in [3.05, 3.63) is 30.3 Å². The molecule has 10 heteroatoms. The van der Waals surface area contributed by atoms with Crippen molar-refractivity contribution in [1.82, 2.24) is 25.3 Å². The summed E-state index contributed by atoms with van der Waals surface area (Å²) in [6.07, 6.45) is 0. The highest BCUT2D eigenvalue weighted by molar-refractivity contribution is 5.89. The number of nitrogens with one attached hydrogen (secondary N) is 1. The van der Waals surface area contributed by atoms with Crippen molar-refractivity contribution < 1.29 is 9.47 Å². The number of anilines is 3. The highest BCUT2D eigenvalue weighted by atomic mass is 16.5. The lowest BCUT2D eigenvalue weighted by atomic mass is 10.1. The van der Waals surface area contributed by atoms with E-state index < -0.39 is 0 Å². The first-order chi connectivity index (χ1) is 16.9. The summed E-state index contributed by atoms with van der Waals surface area (Å²) in [5.41, 5.74) is 3.29. The zero-order valence-electron chi connectivity index (χ0n) is 19.3. The monoisotopic (exact) mass is 462 g/mol. The molecule has 3 aromatic rings. The molecule has 2 aromatic heterocycles. The summed E-state index contributed by atoms with van der Waals surface area (Å²) in [7, 11) is 0. The molecule has 3 aliphatic rings. The van der Waals surface area contributed by atoms with Crippen molar-refractivity contribution in [1.29, 1.82) is 0 Å². The molecule has 1 aromatic carbocycles. The summed E-state index contributed by atoms with van der Waals surface area (Å²) in [5.74, 6) is 2.44. The lowest BCUT2D eigenvalue weighted by Gasteiger charge is -2.32. The van der Waals surface area contributed by atoms with Crippen LogP contribution in [0.5, 0.6) is 0 Å². The predicted molar refractivity (Wildman–Crippen MR) is 132 cm³/mol. The van der Waals surface area contributed by atoms with Crippen LogP contribution < -0.4 is 20.0 Å². The minimum absolute atomic E-state index is 0.645. The Morgan fingerprint density at radius 2 is 1.29 bits per heavy atom. The van der Waals surface area contributed by atoms with Crippen LogP contribution in [0.3, 0.4) is 0 Å². The summed E-state index contributed by atoms with van der Waals surface area (Å²) < 4.78 is 11.2. The SMILES string of the molecule is c1ccc(-c2nc3c(N4CCOCC4)nc(N4CCNCC4)nc3nc2N2CCOCC2)cc1. The van der Waals surface area contributed by atoms with Crippen LogP contribution in [-0.4, -0.2) is 98.7 Å². The Morgan fingerprint density at radius 1 is 0.647 bits per heavy atom. The number of morpholine rings is 2. The van der Waals surface area contributed by atoms with Crippen LogP contribution in [0.4, 0.5) is 17.6 Å². The molecular formula is C24H30N8O2. The third kappa shape index (κ3) is 4.24. The van der Waals surface area contributed by atoms with Gasteiger partial charge in [-0.15, -0.1) is 0 Å². The summed E-state index contributed by atoms with van der Waals surface area (Å²) in [6.45, 7) is 9.45. The van der Waals surface area contributed by atoms with E-state index >= 15 is 0 Å². The molecular weight excluding hydrogens is 432 g/mol. The highest BCUT2D eigenvalue weighted by Gasteiger charge is 2.26. The highest BCUT2D eigenvalue weighted by Crippen LogP contribution is 2.33. The molecule has 6 rings (SSSR count). The van der Waals surface area contributed by atoms with E-state index in [0.29, 0.717) is 32.1 Å². The van der Waals surface area contributed by atoms with Crippen molar-refractivity contribution >= 4 is 28.7 Å². The Balaban J connectivity index is 1.54. The Hall–Kier alpha value is -3.08. The molecule has 0 spiro atoms. The van der Waals surface area contributed by atoms with Gasteiger partial charge in [-0.25, -0.2) is 9.97 Å². The van der Waals surface area contributed by atoms with Gasteiger partial charge in [0, 0.05) is 57.9 Å². The van der Waals surface area contributed by atoms with Crippen molar-refractivity contribution in [2.75, 3.05) is 93.5 Å². The van der Waals surface area contributed by atoms with Crippen LogP contribution >= 0.6 is 0 Å². The van der Waals surface area contributed by atoms with E-state index in [1.807, 2.05) is 18.2 Å². The van der Waals surface area contributed by atoms with E-state index in [9.17, 15) is 0 Å². The Morgan fingerprint density at radius 3 is 1.97 bits per heavy atom. The zero-order valence-corrected chi connectivity index (χ0v) is 19.3. The normalized spacial score (nSPS) is 19.6. The summed E-state index contributed by atoms with van der Waals surface area (Å²) in [5, 5.41) is 3.41. The van der Waals surface area contributed by atoms with E-state index in [1.165, 1.54) is 0 Å². The average molecular weight is 463 g/mol. The van der Waals surface area contributed by atoms with E-state index in [1.54, 1.807) is 0 Å². The van der Waals surface area contributed by atoms with Gasteiger partial charge in [0.05, 0.1) is 26.4 Å². The van der Waals surface area contributed by atoms with E-state index in [-0.39, 0.29) is 0 Å². The van der Waals surface area contributed by atoms with Crippen LogP contribution in [-0.2, 0) is 9.47 Å². The molecule has 0 atom stereocenters. The largest absolute Gasteiger partial charge is 0.378 e. The molecule has 10 nitrogen and oxygen atoms in total. The third-order valence-electron chi connectivity index (χ3n) is 6.55. The second-order valence-electron chi connectivity index (χ2n) is 8.72. The number of ether oxygens (including phenoxy) is 2. The lowest BCUT2D eigenvalue weighted by molar-refractivity contribution is 0.122. The van der Waals surface area contributed by atoms with Crippen LogP contribution in [0.25, 0.3) is 22.4 Å². The number of hydrogen-bond donors (Lipinski definition) is 1. The smallest absolute Gasteiger partial charge is 0.229 e. The minimum Gasteiger partial charge on any atom is -0.378 e. The fourth-order valence-electron chi connectivity index (χ4n) is 4.70. The standard InChI is InChI=1S/C24H30N8O2/c1-2-4-18(5-3-1)19-22(30-10-14-33-15-11-30)27-21-20(26-19)23(31-12-16-34-17-13-31)29-24(28-21)32-8-6-25-7-9-32/h1-5,25H,6-17H2. The van der Waals surface area contributed by atoms with Gasteiger partial charge in [-0.1, -0.05) is 30.3 Å². The van der Waals surface area contributed by atoms with Gasteiger partial charge in [-0.3, -0.25) is 0 Å². The van der Waals surface area contributed by atoms with Crippen molar-refractivity contribution in [2.24, 2.45) is 0 Å². The van der Waals surface area contributed by atoms with Gasteiger partial charge in [0.15, 0.2) is 22.8 Å². The summed E-state index contributed by atoms with van der Waals surface area (Å²) in [6, 6.07) is 10.3. The van der Waals surface area contributed by atoms with Crippen LogP contribution in [0.2, 0.25) is 0 Å². The number of hydrogen-bond acceptors (Lipinski definition) is 10. The molecule has 0 radical (unpaired) electrons. The summed E-state index contributed by atoms with van der Waals surface area (Å²) >= 11 is 0. The van der Waals surface area contributed by atoms with Gasteiger partial charge in [0.25, 0.3) is 0 Å². The Kier molecular flexibility index (Phi) is 6.09. The van der Waals surface area contributed by atoms with Gasteiger partial charge in [-0.2, -0.15) is 9.97 Å². The first-order valence-electron chi connectivity index (χ1n) is 12.1. The number of aromatic nitrogens is 4. The van der Waals surface area contributed by atoms with Gasteiger partial charge < -0.3 is 29.5 Å². The van der Waals surface area contributed by atoms with E-state index in [4.69, 9.17) is 29.4 Å². The molecule has 0 bridgehead atoms. The summed E-state index contributed by atoms with van der Waals surface area (Å²) in [4.78, 5) is 27.1. The van der Waals surface area contributed by atoms with Crippen LogP contribution in [0.1, 0.15) is 0 Å². The third-order valence-corrected chi connectivity index (χ3v) is 6.55. The Labute approximate surface area is 198 Å². The number of benzene rings is 1. The fourth-order valence-corrected chi connectivity index (χ4v) is 4.70. The molecule has 3 fully saturated rings. The van der Waals surface area contributed by atoms with Crippen LogP contribution in [0, 0.1) is 0 Å². The maximum Gasteiger partial charge on any atom is 0.229 e. The molecule has 0 aliphatic carbocycles. The maximum atomic E-state index is 5.61. The molecule has 1 N–H and O–H groups in total. The van der Waals surface area contributed by atoms with Crippen molar-refractivity contribution in [2.45, 2.75) is 0 Å². The van der Waals surface area contributed by atoms with Crippen molar-refractivity contribution in [3.8, 4) is 11.3 Å². The average Bonchev–Trinajstić information content (AvgIpc) is 2.93. The molecule has 0 amide bonds. The predicted octanol–water partition coefficient (Wildman–Crippen LogP) is 1.17. The molecule has 34 heavy (non-hydrogen) atoms. The lowest BCUT2D eigenvalue weighted by Crippen LogP contribution is -2.44. The number of nitrogens with zero attached hydrogens (tertiary/aromatic N) is 7. The van der Waals surface area contributed by atoms with E-state index in [0.717, 1.165) is 86.7 Å². The molecule has 3 saturated heterocycles. The second kappa shape index (κ2) is 9.65. The topological polar surface area (TPSA) is 91.8 Å². The zero-order chi connectivity index (χ0) is 22.7. The Bertz CT molecular complexity index is 1130. The van der Waals surface area contributed by atoms with Crippen molar-refractivity contribution in [3.63, 3.8) is 0 Å². The molecule has 178 valence electrons. The quantitative estimate of drug-likeness (QED) is 0.609. The first-order valence-corrected chi connectivity index (χ1v) is 12.1. The number of fused-ring (bicyclic) bond motifs is 1. The molecule has 0 saturated carbocycles.